The Morgan fingerprint density at radius 2 is 2.33 bits per heavy atom. The second kappa shape index (κ2) is 2.61. The van der Waals surface area contributed by atoms with Crippen LogP contribution in [0.5, 0.6) is 0 Å². The summed E-state index contributed by atoms with van der Waals surface area (Å²) in [5.74, 6) is -0.781. The fourth-order valence-corrected chi connectivity index (χ4v) is 3.99. The molecule has 0 amide bonds. The van der Waals surface area contributed by atoms with E-state index in [2.05, 4.69) is 4.90 Å². The minimum Gasteiger partial charge on any atom is -0.468 e. The van der Waals surface area contributed by atoms with Gasteiger partial charge in [0.1, 0.15) is 11.7 Å². The van der Waals surface area contributed by atoms with E-state index in [9.17, 15) is 9.59 Å². The van der Waals surface area contributed by atoms with Crippen molar-refractivity contribution in [1.82, 2.24) is 4.90 Å². The quantitative estimate of drug-likeness (QED) is 0.457. The van der Waals surface area contributed by atoms with E-state index in [4.69, 9.17) is 4.74 Å². The first kappa shape index (κ1) is 9.33. The average molecular weight is 209 g/mol. The first-order valence-corrected chi connectivity index (χ1v) is 5.44. The number of nitrogens with zero attached hydrogens (tertiary/aromatic N) is 1. The Bertz CT molecular complexity index is 354. The third-order valence-corrected chi connectivity index (χ3v) is 4.69. The Hall–Kier alpha value is -0.900. The molecule has 0 aromatic heterocycles. The highest BCUT2D eigenvalue weighted by Crippen LogP contribution is 2.65. The topological polar surface area (TPSA) is 46.6 Å². The normalized spacial score (nSPS) is 47.6. The molecule has 1 heterocycles. The maximum atomic E-state index is 11.8. The lowest BCUT2D eigenvalue weighted by atomic mass is 9.53. The molecule has 4 unspecified atom stereocenters. The number of ketones is 1. The highest BCUT2D eigenvalue weighted by Gasteiger charge is 2.73. The number of methoxy groups -OCH3 is 1. The van der Waals surface area contributed by atoms with E-state index >= 15 is 0 Å². The number of esters is 1. The SMILES string of the molecule is COC(=O)C1C(=O)CC23CCC2N(C)C13. The van der Waals surface area contributed by atoms with Crippen LogP contribution in [-0.2, 0) is 14.3 Å². The molecule has 82 valence electrons. The molecule has 0 aromatic carbocycles. The predicted octanol–water partition coefficient (Wildman–Crippen LogP) is 0.211. The molecule has 1 saturated heterocycles. The summed E-state index contributed by atoms with van der Waals surface area (Å²) in [6.07, 6.45) is 2.87. The van der Waals surface area contributed by atoms with Crippen LogP contribution >= 0.6 is 0 Å². The van der Waals surface area contributed by atoms with Crippen molar-refractivity contribution in [2.24, 2.45) is 11.3 Å². The zero-order valence-electron chi connectivity index (χ0n) is 9.03. The van der Waals surface area contributed by atoms with Gasteiger partial charge in [0.2, 0.25) is 0 Å². The van der Waals surface area contributed by atoms with Crippen molar-refractivity contribution in [3.05, 3.63) is 0 Å². The van der Waals surface area contributed by atoms with E-state index in [1.54, 1.807) is 0 Å². The largest absolute Gasteiger partial charge is 0.468 e. The number of likely N-dealkylation sites (tertiary alicyclic amines) is 1. The van der Waals surface area contributed by atoms with Crippen LogP contribution in [0.25, 0.3) is 0 Å². The molecule has 15 heavy (non-hydrogen) atoms. The lowest BCUT2D eigenvalue weighted by Crippen LogP contribution is -2.75. The first-order valence-electron chi connectivity index (χ1n) is 5.44. The Morgan fingerprint density at radius 1 is 1.60 bits per heavy atom. The number of carbonyl (C=O) groups excluding carboxylic acids is 2. The van der Waals surface area contributed by atoms with Crippen LogP contribution in [0.2, 0.25) is 0 Å². The van der Waals surface area contributed by atoms with Crippen molar-refractivity contribution in [3.8, 4) is 0 Å². The highest BCUT2D eigenvalue weighted by atomic mass is 16.5. The van der Waals surface area contributed by atoms with Gasteiger partial charge in [-0.05, 0) is 19.9 Å². The summed E-state index contributed by atoms with van der Waals surface area (Å²) in [5.41, 5.74) is 0.144. The molecule has 4 nitrogen and oxygen atoms in total. The summed E-state index contributed by atoms with van der Waals surface area (Å²) >= 11 is 0. The standard InChI is InChI=1S/C11H15NO3/c1-12-7-3-4-11(7)5-6(13)8(9(11)12)10(14)15-2/h7-9H,3-5H2,1-2H3. The van der Waals surface area contributed by atoms with Crippen LogP contribution in [0.15, 0.2) is 0 Å². The summed E-state index contributed by atoms with van der Waals surface area (Å²) in [5, 5.41) is 0. The summed E-state index contributed by atoms with van der Waals surface area (Å²) < 4.78 is 4.72. The maximum Gasteiger partial charge on any atom is 0.317 e. The van der Waals surface area contributed by atoms with Crippen molar-refractivity contribution < 1.29 is 14.3 Å². The van der Waals surface area contributed by atoms with Gasteiger partial charge in [0.15, 0.2) is 0 Å². The Morgan fingerprint density at radius 3 is 2.87 bits per heavy atom. The van der Waals surface area contributed by atoms with Gasteiger partial charge in [-0.25, -0.2) is 0 Å². The van der Waals surface area contributed by atoms with Gasteiger partial charge in [-0.2, -0.15) is 0 Å². The second-order valence-electron chi connectivity index (χ2n) is 5.04. The van der Waals surface area contributed by atoms with E-state index in [1.165, 1.54) is 13.5 Å². The molecule has 0 N–H and O–H groups in total. The molecule has 3 rings (SSSR count). The van der Waals surface area contributed by atoms with E-state index in [0.717, 1.165) is 6.42 Å². The monoisotopic (exact) mass is 209 g/mol. The zero-order valence-corrected chi connectivity index (χ0v) is 9.03. The van der Waals surface area contributed by atoms with Gasteiger partial charge in [-0.3, -0.25) is 14.5 Å². The smallest absolute Gasteiger partial charge is 0.317 e. The molecule has 3 aliphatic rings. The van der Waals surface area contributed by atoms with Crippen molar-refractivity contribution in [3.63, 3.8) is 0 Å². The van der Waals surface area contributed by atoms with Gasteiger partial charge >= 0.3 is 5.97 Å². The molecule has 2 aliphatic carbocycles. The minimum atomic E-state index is -0.517. The van der Waals surface area contributed by atoms with Crippen LogP contribution in [0, 0.1) is 11.3 Å². The summed E-state index contributed by atoms with van der Waals surface area (Å²) in [4.78, 5) is 25.6. The number of Topliss-reactive ketones (excluding diaryl/α,β-unsaturated/α-hetero) is 1. The van der Waals surface area contributed by atoms with Crippen molar-refractivity contribution in [1.29, 1.82) is 0 Å². The van der Waals surface area contributed by atoms with Crippen molar-refractivity contribution in [2.75, 3.05) is 14.2 Å². The van der Waals surface area contributed by atoms with Crippen LogP contribution in [0.4, 0.5) is 0 Å². The Labute approximate surface area is 88.6 Å². The maximum absolute atomic E-state index is 11.8. The number of ether oxygens (including phenoxy) is 1. The molecule has 0 radical (unpaired) electrons. The van der Waals surface area contributed by atoms with Crippen LogP contribution in [0.1, 0.15) is 19.3 Å². The number of hydrogen-bond donors (Lipinski definition) is 0. The van der Waals surface area contributed by atoms with Crippen molar-refractivity contribution in [2.45, 2.75) is 31.3 Å². The van der Waals surface area contributed by atoms with E-state index in [0.29, 0.717) is 12.5 Å². The lowest BCUT2D eigenvalue weighted by molar-refractivity contribution is -0.193. The van der Waals surface area contributed by atoms with Gasteiger partial charge in [0.25, 0.3) is 0 Å². The summed E-state index contributed by atoms with van der Waals surface area (Å²) in [7, 11) is 3.37. The minimum absolute atomic E-state index is 0.0842. The molecular weight excluding hydrogens is 194 g/mol. The third kappa shape index (κ3) is 0.830. The van der Waals surface area contributed by atoms with Gasteiger partial charge in [0, 0.05) is 23.9 Å². The molecule has 2 saturated carbocycles. The van der Waals surface area contributed by atoms with Gasteiger partial charge < -0.3 is 4.74 Å². The van der Waals surface area contributed by atoms with Crippen LogP contribution < -0.4 is 0 Å². The van der Waals surface area contributed by atoms with Crippen LogP contribution in [0.3, 0.4) is 0 Å². The summed E-state index contributed by atoms with van der Waals surface area (Å²) in [6.45, 7) is 0. The van der Waals surface area contributed by atoms with Crippen molar-refractivity contribution >= 4 is 11.8 Å². The highest BCUT2D eigenvalue weighted by molar-refractivity contribution is 6.03. The van der Waals surface area contributed by atoms with E-state index in [1.807, 2.05) is 7.05 Å². The molecule has 0 aromatic rings. The number of hydrogen-bond acceptors (Lipinski definition) is 4. The first-order chi connectivity index (χ1) is 7.12. The van der Waals surface area contributed by atoms with Gasteiger partial charge in [-0.1, -0.05) is 0 Å². The number of carbonyl (C=O) groups is 2. The fourth-order valence-electron chi connectivity index (χ4n) is 3.99. The number of rotatable bonds is 1. The second-order valence-corrected chi connectivity index (χ2v) is 5.04. The Kier molecular flexibility index (Phi) is 1.63. The molecule has 0 bridgehead atoms. The fraction of sp³-hybridized carbons (Fsp3) is 0.818. The molecule has 1 spiro atoms. The van der Waals surface area contributed by atoms with Gasteiger partial charge in [0.05, 0.1) is 7.11 Å². The van der Waals surface area contributed by atoms with Gasteiger partial charge in [-0.15, -0.1) is 0 Å². The molecule has 4 atom stereocenters. The van der Waals surface area contributed by atoms with E-state index in [-0.39, 0.29) is 23.2 Å². The summed E-state index contributed by atoms with van der Waals surface area (Å²) in [6, 6.07) is 0.664. The number of piperidine rings is 1. The molecule has 1 aliphatic heterocycles. The molecule has 3 fully saturated rings. The Balaban J connectivity index is 1.92. The lowest BCUT2D eigenvalue weighted by Gasteiger charge is -2.67. The molecular formula is C11H15NO3. The third-order valence-electron chi connectivity index (χ3n) is 4.69. The predicted molar refractivity (Wildman–Crippen MR) is 52.1 cm³/mol. The molecule has 4 heteroatoms. The zero-order chi connectivity index (χ0) is 10.8. The van der Waals surface area contributed by atoms with Crippen LogP contribution in [-0.4, -0.2) is 42.9 Å². The van der Waals surface area contributed by atoms with E-state index < -0.39 is 5.92 Å². The average Bonchev–Trinajstić information content (AvgIpc) is 2.50.